The van der Waals surface area contributed by atoms with Crippen LogP contribution in [0.2, 0.25) is 0 Å². The Balaban J connectivity index is 1.39. The highest BCUT2D eigenvalue weighted by Gasteiger charge is 2.23. The van der Waals surface area contributed by atoms with E-state index in [2.05, 4.69) is 22.9 Å². The summed E-state index contributed by atoms with van der Waals surface area (Å²) in [4.78, 5) is 17.0. The smallest absolute Gasteiger partial charge is 0.249 e. The van der Waals surface area contributed by atoms with Gasteiger partial charge in [-0.05, 0) is 50.5 Å². The summed E-state index contributed by atoms with van der Waals surface area (Å²) in [5.41, 5.74) is 3.23. The molecular weight excluding hydrogens is 366 g/mol. The van der Waals surface area contributed by atoms with E-state index in [4.69, 9.17) is 14.5 Å². The van der Waals surface area contributed by atoms with E-state index >= 15 is 0 Å². The van der Waals surface area contributed by atoms with E-state index in [1.807, 2.05) is 42.5 Å². The average molecular weight is 393 g/mol. The van der Waals surface area contributed by atoms with Gasteiger partial charge in [0.2, 0.25) is 5.91 Å². The Morgan fingerprint density at radius 1 is 1.24 bits per heavy atom. The number of amides is 1. The van der Waals surface area contributed by atoms with Gasteiger partial charge in [0.1, 0.15) is 17.7 Å². The number of carbonyl (C=O) groups is 1. The molecule has 0 radical (unpaired) electrons. The summed E-state index contributed by atoms with van der Waals surface area (Å²) in [5.74, 6) is 1.69. The number of nitrogens with one attached hydrogen (secondary N) is 1. The summed E-state index contributed by atoms with van der Waals surface area (Å²) in [6.07, 6.45) is 2.26. The average Bonchev–Trinajstić information content (AvgIpc) is 3.39. The molecule has 0 saturated carbocycles. The molecule has 1 aliphatic heterocycles. The molecule has 1 aliphatic rings. The van der Waals surface area contributed by atoms with Crippen LogP contribution in [0.15, 0.2) is 48.5 Å². The molecular formula is C23H27N3O3. The summed E-state index contributed by atoms with van der Waals surface area (Å²) in [6, 6.07) is 16.1. The summed E-state index contributed by atoms with van der Waals surface area (Å²) >= 11 is 0. The molecule has 4 rings (SSSR count). The number of nitrogens with zero attached hydrogens (tertiary/aromatic N) is 2. The predicted molar refractivity (Wildman–Crippen MR) is 112 cm³/mol. The molecule has 2 heterocycles. The number of rotatable bonds is 8. The van der Waals surface area contributed by atoms with E-state index in [0.29, 0.717) is 19.8 Å². The summed E-state index contributed by atoms with van der Waals surface area (Å²) in [5, 5.41) is 2.99. The molecule has 0 aliphatic carbocycles. The minimum absolute atomic E-state index is 0.0520. The van der Waals surface area contributed by atoms with Gasteiger partial charge in [-0.15, -0.1) is 0 Å². The highest BCUT2D eigenvalue weighted by Crippen LogP contribution is 2.18. The Morgan fingerprint density at radius 3 is 2.86 bits per heavy atom. The zero-order valence-corrected chi connectivity index (χ0v) is 16.8. The van der Waals surface area contributed by atoms with Crippen LogP contribution in [0.25, 0.3) is 11.0 Å². The van der Waals surface area contributed by atoms with Gasteiger partial charge in [-0.25, -0.2) is 4.98 Å². The SMILES string of the molecule is Cc1ccc(OCCCn2c(CNC(=O)C3CCCO3)nc3ccccc32)cc1. The number of benzene rings is 2. The predicted octanol–water partition coefficient (Wildman–Crippen LogP) is 3.61. The lowest BCUT2D eigenvalue weighted by Crippen LogP contribution is -2.34. The Morgan fingerprint density at radius 2 is 2.07 bits per heavy atom. The topological polar surface area (TPSA) is 65.4 Å². The molecule has 6 nitrogen and oxygen atoms in total. The van der Waals surface area contributed by atoms with Gasteiger partial charge in [-0.2, -0.15) is 0 Å². The molecule has 0 spiro atoms. The van der Waals surface area contributed by atoms with Crippen LogP contribution < -0.4 is 10.1 Å². The van der Waals surface area contributed by atoms with Gasteiger partial charge in [0.15, 0.2) is 0 Å². The second kappa shape index (κ2) is 9.09. The van der Waals surface area contributed by atoms with Crippen molar-refractivity contribution >= 4 is 16.9 Å². The number of carbonyl (C=O) groups excluding carboxylic acids is 1. The van der Waals surface area contributed by atoms with Gasteiger partial charge in [0.25, 0.3) is 0 Å². The Labute approximate surface area is 170 Å². The number of aromatic nitrogens is 2. The molecule has 1 aromatic heterocycles. The van der Waals surface area contributed by atoms with E-state index in [0.717, 1.165) is 48.4 Å². The van der Waals surface area contributed by atoms with Crippen molar-refractivity contribution in [2.45, 2.75) is 45.4 Å². The minimum atomic E-state index is -0.323. The van der Waals surface area contributed by atoms with Crippen molar-refractivity contribution in [3.63, 3.8) is 0 Å². The highest BCUT2D eigenvalue weighted by molar-refractivity contribution is 5.81. The van der Waals surface area contributed by atoms with Crippen LogP contribution in [-0.2, 0) is 22.6 Å². The maximum Gasteiger partial charge on any atom is 0.249 e. The highest BCUT2D eigenvalue weighted by atomic mass is 16.5. The third kappa shape index (κ3) is 4.77. The van der Waals surface area contributed by atoms with Gasteiger partial charge in [0, 0.05) is 13.2 Å². The molecule has 152 valence electrons. The second-order valence-corrected chi connectivity index (χ2v) is 7.40. The number of hydrogen-bond acceptors (Lipinski definition) is 4. The fraction of sp³-hybridized carbons (Fsp3) is 0.391. The number of aryl methyl sites for hydroxylation is 2. The number of imidazole rings is 1. The molecule has 1 saturated heterocycles. The number of hydrogen-bond donors (Lipinski definition) is 1. The van der Waals surface area contributed by atoms with Gasteiger partial charge in [-0.3, -0.25) is 4.79 Å². The van der Waals surface area contributed by atoms with E-state index in [9.17, 15) is 4.79 Å². The molecule has 6 heteroatoms. The standard InChI is InChI=1S/C23H27N3O3/c1-17-9-11-18(12-10-17)28-15-5-13-26-20-7-3-2-6-19(20)25-22(26)16-24-23(27)21-8-4-14-29-21/h2-3,6-7,9-12,21H,4-5,8,13-16H2,1H3,(H,24,27). The molecule has 2 aromatic carbocycles. The Bertz CT molecular complexity index is 959. The first-order valence-electron chi connectivity index (χ1n) is 10.2. The van der Waals surface area contributed by atoms with Gasteiger partial charge in [-0.1, -0.05) is 29.8 Å². The number of fused-ring (bicyclic) bond motifs is 1. The molecule has 1 fully saturated rings. The monoisotopic (exact) mass is 393 g/mol. The molecule has 1 N–H and O–H groups in total. The number of ether oxygens (including phenoxy) is 2. The number of para-hydroxylation sites is 2. The van der Waals surface area contributed by atoms with Crippen molar-refractivity contribution in [1.82, 2.24) is 14.9 Å². The summed E-state index contributed by atoms with van der Waals surface area (Å²) < 4.78 is 13.5. The quantitative estimate of drug-likeness (QED) is 0.594. The summed E-state index contributed by atoms with van der Waals surface area (Å²) in [6.45, 7) is 4.52. The largest absolute Gasteiger partial charge is 0.494 e. The van der Waals surface area contributed by atoms with Crippen LogP contribution in [0.4, 0.5) is 0 Å². The van der Waals surface area contributed by atoms with Crippen molar-refractivity contribution < 1.29 is 14.3 Å². The zero-order valence-electron chi connectivity index (χ0n) is 16.8. The zero-order chi connectivity index (χ0) is 20.1. The van der Waals surface area contributed by atoms with Crippen molar-refractivity contribution in [3.05, 3.63) is 59.9 Å². The molecule has 1 unspecified atom stereocenters. The normalized spacial score (nSPS) is 16.2. The lowest BCUT2D eigenvalue weighted by Gasteiger charge is -2.13. The first kappa shape index (κ1) is 19.5. The van der Waals surface area contributed by atoms with E-state index in [-0.39, 0.29) is 12.0 Å². The van der Waals surface area contributed by atoms with Gasteiger partial charge in [0.05, 0.1) is 24.2 Å². The van der Waals surface area contributed by atoms with Crippen LogP contribution in [-0.4, -0.2) is 34.8 Å². The third-order valence-electron chi connectivity index (χ3n) is 5.19. The molecule has 0 bridgehead atoms. The van der Waals surface area contributed by atoms with Crippen molar-refractivity contribution in [1.29, 1.82) is 0 Å². The first-order valence-corrected chi connectivity index (χ1v) is 10.2. The lowest BCUT2D eigenvalue weighted by molar-refractivity contribution is -0.130. The van der Waals surface area contributed by atoms with Crippen LogP contribution >= 0.6 is 0 Å². The molecule has 1 amide bonds. The lowest BCUT2D eigenvalue weighted by atomic mass is 10.2. The van der Waals surface area contributed by atoms with Crippen LogP contribution in [0.5, 0.6) is 5.75 Å². The maximum absolute atomic E-state index is 12.3. The third-order valence-corrected chi connectivity index (χ3v) is 5.19. The molecule has 1 atom stereocenters. The van der Waals surface area contributed by atoms with E-state index in [1.165, 1.54) is 5.56 Å². The minimum Gasteiger partial charge on any atom is -0.494 e. The Hall–Kier alpha value is -2.86. The second-order valence-electron chi connectivity index (χ2n) is 7.40. The van der Waals surface area contributed by atoms with Crippen LogP contribution in [0.3, 0.4) is 0 Å². The fourth-order valence-electron chi connectivity index (χ4n) is 3.62. The molecule has 29 heavy (non-hydrogen) atoms. The van der Waals surface area contributed by atoms with E-state index in [1.54, 1.807) is 0 Å². The van der Waals surface area contributed by atoms with E-state index < -0.39 is 0 Å². The van der Waals surface area contributed by atoms with Crippen LogP contribution in [0, 0.1) is 6.92 Å². The van der Waals surface area contributed by atoms with Crippen LogP contribution in [0.1, 0.15) is 30.7 Å². The molecule has 3 aromatic rings. The van der Waals surface area contributed by atoms with Crippen molar-refractivity contribution in [2.75, 3.05) is 13.2 Å². The summed E-state index contributed by atoms with van der Waals surface area (Å²) in [7, 11) is 0. The van der Waals surface area contributed by atoms with Crippen molar-refractivity contribution in [3.8, 4) is 5.75 Å². The first-order chi connectivity index (χ1) is 14.2. The van der Waals surface area contributed by atoms with Gasteiger partial charge >= 0.3 is 0 Å². The Kier molecular flexibility index (Phi) is 6.10. The fourth-order valence-corrected chi connectivity index (χ4v) is 3.62. The van der Waals surface area contributed by atoms with Crippen molar-refractivity contribution in [2.24, 2.45) is 0 Å². The maximum atomic E-state index is 12.3. The van der Waals surface area contributed by atoms with Gasteiger partial charge < -0.3 is 19.4 Å².